The number of halogens is 2. The van der Waals surface area contributed by atoms with E-state index in [0.717, 1.165) is 33.9 Å². The number of carbonyl (C=O) groups excluding carboxylic acids is 9. The van der Waals surface area contributed by atoms with Crippen molar-refractivity contribution in [3.8, 4) is 11.8 Å². The number of thiophene rings is 1. The van der Waals surface area contributed by atoms with Crippen LogP contribution < -0.4 is 16.0 Å². The number of hydrogen-bond acceptors (Lipinski definition) is 12. The zero-order valence-corrected chi connectivity index (χ0v) is 41.8. The van der Waals surface area contributed by atoms with Crippen LogP contribution in [-0.2, 0) is 43.7 Å². The first-order valence-electron chi connectivity index (χ1n) is 23.4. The second kappa shape index (κ2) is 21.0. The lowest BCUT2D eigenvalue weighted by Gasteiger charge is -2.45. The van der Waals surface area contributed by atoms with E-state index in [1.807, 2.05) is 30.3 Å². The lowest BCUT2D eigenvalue weighted by Crippen LogP contribution is -2.66. The summed E-state index contributed by atoms with van der Waals surface area (Å²) < 4.78 is 47.1. The molecule has 1 aromatic heterocycles. The summed E-state index contributed by atoms with van der Waals surface area (Å²) in [5, 5.41) is 7.54. The largest absolute Gasteiger partial charge is 0.399 e. The van der Waals surface area contributed by atoms with Crippen molar-refractivity contribution in [3.05, 3.63) is 105 Å². The zero-order valence-electron chi connectivity index (χ0n) is 40.1. The molecule has 0 saturated carbocycles. The molecule has 4 aliphatic rings. The molecule has 3 aromatic carbocycles. The van der Waals surface area contributed by atoms with Crippen LogP contribution in [0.3, 0.4) is 0 Å². The van der Waals surface area contributed by atoms with Crippen LogP contribution in [0.25, 0.3) is 10.1 Å². The number of hydrogen-bond donors (Lipinski definition) is 5. The van der Waals surface area contributed by atoms with Crippen LogP contribution in [0.15, 0.2) is 72.8 Å². The van der Waals surface area contributed by atoms with Crippen LogP contribution in [0.5, 0.6) is 0 Å². The van der Waals surface area contributed by atoms with Gasteiger partial charge in [-0.2, -0.15) is 8.78 Å². The summed E-state index contributed by atoms with van der Waals surface area (Å²) >= 11 is 0.900. The molecule has 0 aliphatic carbocycles. The smallest absolute Gasteiger partial charge is 0.370 e. The van der Waals surface area contributed by atoms with E-state index in [1.54, 1.807) is 20.8 Å². The fourth-order valence-electron chi connectivity index (χ4n) is 9.15. The quantitative estimate of drug-likeness (QED) is 0.0627. The summed E-state index contributed by atoms with van der Waals surface area (Å²) in [5.74, 6) is -0.609. The maximum absolute atomic E-state index is 14.8. The fraction of sp³-hybridized carbons (Fsp3) is 0.380. The number of fused-ring (bicyclic) bond motifs is 2. The summed E-state index contributed by atoms with van der Waals surface area (Å²) in [6.07, 6.45) is -1.27. The number of morpholine rings is 1. The van der Waals surface area contributed by atoms with Gasteiger partial charge in [-0.3, -0.25) is 57.9 Å². The molecule has 74 heavy (non-hydrogen) atoms. The van der Waals surface area contributed by atoms with Crippen LogP contribution in [0.1, 0.15) is 93.2 Å². The van der Waals surface area contributed by atoms with Crippen molar-refractivity contribution in [1.29, 1.82) is 0 Å². The van der Waals surface area contributed by atoms with Gasteiger partial charge in [-0.1, -0.05) is 75.1 Å². The Balaban J connectivity index is 0.965. The van der Waals surface area contributed by atoms with Gasteiger partial charge in [-0.05, 0) is 53.1 Å². The average Bonchev–Trinajstić information content (AvgIpc) is 3.91. The number of amides is 9. The maximum atomic E-state index is 14.8. The summed E-state index contributed by atoms with van der Waals surface area (Å²) in [6.45, 7) is 4.58. The number of benzene rings is 3. The normalized spacial score (nSPS) is 19.9. The first-order valence-corrected chi connectivity index (χ1v) is 25.8. The van der Waals surface area contributed by atoms with E-state index in [4.69, 9.17) is 4.74 Å². The standard InChI is InChI=1S/C50H50F2N7O13PS/c1-49(2,3)42(55-44(64)37-24-30-23-31(14-16-36(30)74-37)50(51,52)73(69,70)71)48(68)58-20-19-56(26-34(58)46(66)57-21-22-72-35(27-57)28-9-5-4-6-10-28)40(62)25-39(61)53-18-8-12-29-11-7-13-32-41(29)47(67)59(45(32)65)33-15-17-38(60)54-43(33)63/h4-7,9-11,13-14,16,23-24,33-35,42H,15,17-22,25-27H2,1-3H3,(H,53,61)(H,55,64)(H,54,60,63)(H2,69,70,71)/t33?,34-,35-,42+/m0/s1. The zero-order chi connectivity index (χ0) is 53.4. The Bertz CT molecular complexity index is 3110. The first kappa shape index (κ1) is 53.1. The van der Waals surface area contributed by atoms with E-state index < -0.39 is 108 Å². The molecule has 20 nitrogen and oxygen atoms in total. The molecule has 0 spiro atoms. The predicted molar refractivity (Wildman–Crippen MR) is 260 cm³/mol. The van der Waals surface area contributed by atoms with Crippen LogP contribution in [0.4, 0.5) is 8.78 Å². The number of ether oxygens (including phenoxy) is 1. The minimum absolute atomic E-state index is 0.000183. The molecule has 4 aromatic rings. The summed E-state index contributed by atoms with van der Waals surface area (Å²) in [7, 11) is -5.88. The second-order valence-electron chi connectivity index (χ2n) is 19.1. The third-order valence-electron chi connectivity index (χ3n) is 13.1. The molecule has 8 rings (SSSR count). The summed E-state index contributed by atoms with van der Waals surface area (Å²) in [4.78, 5) is 145. The SMILES string of the molecule is CC(C)(C)[C@H](NC(=O)c1cc2cc(C(F)(F)P(=O)(O)O)ccc2s1)C(=O)N1CCN(C(=O)CC(=O)NCC#Cc2cccc3c2C(=O)N(C2CCC(=O)NC2=O)C3=O)C[C@H]1C(=O)N1CCO[C@H](c2ccccc2)C1. The van der Waals surface area contributed by atoms with E-state index >= 15 is 0 Å². The van der Waals surface area contributed by atoms with Crippen molar-refractivity contribution >= 4 is 82.2 Å². The molecule has 4 atom stereocenters. The highest BCUT2D eigenvalue weighted by molar-refractivity contribution is 7.52. The monoisotopic (exact) mass is 1060 g/mol. The van der Waals surface area contributed by atoms with Crippen molar-refractivity contribution < 1.29 is 71.0 Å². The molecule has 1 unspecified atom stereocenters. The van der Waals surface area contributed by atoms with Crippen LogP contribution in [0, 0.1) is 17.3 Å². The number of rotatable bonds is 11. The number of piperazine rings is 1. The third-order valence-corrected chi connectivity index (χ3v) is 15.2. The summed E-state index contributed by atoms with van der Waals surface area (Å²) in [5.41, 5.74) is -5.48. The molecule has 9 amide bonds. The Hall–Kier alpha value is -7.22. The third kappa shape index (κ3) is 10.9. The minimum atomic E-state index is -5.88. The highest BCUT2D eigenvalue weighted by Crippen LogP contribution is 2.59. The van der Waals surface area contributed by atoms with Gasteiger partial charge in [0.1, 0.15) is 30.7 Å². The number of carbonyl (C=O) groups is 9. The molecule has 3 saturated heterocycles. The molecule has 388 valence electrons. The number of piperidine rings is 1. The molecule has 24 heteroatoms. The Morgan fingerprint density at radius 3 is 2.36 bits per heavy atom. The first-order chi connectivity index (χ1) is 34.9. The predicted octanol–water partition coefficient (Wildman–Crippen LogP) is 2.87. The summed E-state index contributed by atoms with van der Waals surface area (Å²) in [6, 6.07) is 14.1. The van der Waals surface area contributed by atoms with E-state index in [0.29, 0.717) is 4.70 Å². The Morgan fingerprint density at radius 2 is 1.66 bits per heavy atom. The van der Waals surface area contributed by atoms with Crippen molar-refractivity contribution in [3.63, 3.8) is 0 Å². The minimum Gasteiger partial charge on any atom is -0.370 e. The van der Waals surface area contributed by atoms with Gasteiger partial charge < -0.3 is 39.9 Å². The van der Waals surface area contributed by atoms with E-state index in [2.05, 4.69) is 27.8 Å². The van der Waals surface area contributed by atoms with Gasteiger partial charge in [-0.15, -0.1) is 11.3 Å². The van der Waals surface area contributed by atoms with E-state index in [1.165, 1.54) is 45.0 Å². The topological polar surface area (TPSA) is 269 Å². The van der Waals surface area contributed by atoms with Crippen LogP contribution in [-0.4, -0.2) is 147 Å². The maximum Gasteiger partial charge on any atom is 0.399 e. The number of nitrogens with one attached hydrogen (secondary N) is 3. The van der Waals surface area contributed by atoms with Crippen LogP contribution in [0.2, 0.25) is 0 Å². The number of nitrogens with zero attached hydrogens (tertiary/aromatic N) is 4. The molecule has 3 fully saturated rings. The molecular weight excluding hydrogens is 1010 g/mol. The molecule has 5 N–H and O–H groups in total. The van der Waals surface area contributed by atoms with Gasteiger partial charge in [0, 0.05) is 41.9 Å². The lowest BCUT2D eigenvalue weighted by molar-refractivity contribution is -0.158. The lowest BCUT2D eigenvalue weighted by atomic mass is 9.85. The number of imide groups is 2. The molecule has 5 heterocycles. The van der Waals surface area contributed by atoms with E-state index in [9.17, 15) is 66.3 Å². The molecular formula is C50H50F2N7O13PS. The van der Waals surface area contributed by atoms with Gasteiger partial charge in [0.2, 0.25) is 35.4 Å². The molecule has 0 radical (unpaired) electrons. The molecule has 0 bridgehead atoms. The second-order valence-corrected chi connectivity index (χ2v) is 21.8. The Morgan fingerprint density at radius 1 is 0.919 bits per heavy atom. The highest BCUT2D eigenvalue weighted by atomic mass is 32.1. The fourth-order valence-corrected chi connectivity index (χ4v) is 10.6. The number of alkyl halides is 2. The Labute approximate surface area is 425 Å². The van der Waals surface area contributed by atoms with Gasteiger partial charge in [-0.25, -0.2) is 0 Å². The van der Waals surface area contributed by atoms with Gasteiger partial charge in [0.05, 0.1) is 42.2 Å². The van der Waals surface area contributed by atoms with Crippen molar-refractivity contribution in [2.24, 2.45) is 5.41 Å². The van der Waals surface area contributed by atoms with Crippen molar-refractivity contribution in [2.75, 3.05) is 45.9 Å². The van der Waals surface area contributed by atoms with Gasteiger partial charge in [0.15, 0.2) is 0 Å². The van der Waals surface area contributed by atoms with Gasteiger partial charge in [0.25, 0.3) is 17.7 Å². The van der Waals surface area contributed by atoms with Crippen molar-refractivity contribution in [1.82, 2.24) is 35.6 Å². The average molecular weight is 1060 g/mol. The van der Waals surface area contributed by atoms with E-state index in [-0.39, 0.29) is 85.7 Å². The molecule has 4 aliphatic heterocycles. The van der Waals surface area contributed by atoms with Crippen LogP contribution >= 0.6 is 18.9 Å². The Kier molecular flexibility index (Phi) is 15.0. The van der Waals surface area contributed by atoms with Gasteiger partial charge >= 0.3 is 13.3 Å². The highest BCUT2D eigenvalue weighted by Gasteiger charge is 2.51. The van der Waals surface area contributed by atoms with Crippen molar-refractivity contribution in [2.45, 2.75) is 69.9 Å².